The lowest BCUT2D eigenvalue weighted by Gasteiger charge is -2.09. The van der Waals surface area contributed by atoms with E-state index in [0.717, 1.165) is 0 Å². The van der Waals surface area contributed by atoms with Crippen molar-refractivity contribution in [2.24, 2.45) is 0 Å². The Balaban J connectivity index is 2.05. The zero-order valence-corrected chi connectivity index (χ0v) is 12.5. The molecule has 0 saturated heterocycles. The van der Waals surface area contributed by atoms with Gasteiger partial charge in [-0.1, -0.05) is 6.07 Å². The molecule has 2 aromatic carbocycles. The minimum absolute atomic E-state index is 0.0399. The van der Waals surface area contributed by atoms with Gasteiger partial charge in [0.2, 0.25) is 5.91 Å². The predicted molar refractivity (Wildman–Crippen MR) is 86.1 cm³/mol. The topological polar surface area (TPSA) is 91.2 Å². The van der Waals surface area contributed by atoms with Crippen molar-refractivity contribution in [3.63, 3.8) is 0 Å². The molecule has 0 saturated carbocycles. The van der Waals surface area contributed by atoms with Gasteiger partial charge in [-0.2, -0.15) is 5.26 Å². The SMILES string of the molecule is COCC(=O)Nc1cccc(NC(=O)c2ccc(C#N)cc2)c1. The molecule has 0 unspecified atom stereocenters. The van der Waals surface area contributed by atoms with Crippen LogP contribution in [0.2, 0.25) is 0 Å². The first-order chi connectivity index (χ1) is 11.1. The first-order valence-corrected chi connectivity index (χ1v) is 6.83. The van der Waals surface area contributed by atoms with Crippen LogP contribution >= 0.6 is 0 Å². The van der Waals surface area contributed by atoms with Gasteiger partial charge in [-0.15, -0.1) is 0 Å². The molecule has 2 amide bonds. The molecule has 116 valence electrons. The van der Waals surface area contributed by atoms with Gasteiger partial charge in [0.1, 0.15) is 6.61 Å². The average Bonchev–Trinajstić information content (AvgIpc) is 2.55. The van der Waals surface area contributed by atoms with E-state index in [2.05, 4.69) is 10.6 Å². The van der Waals surface area contributed by atoms with Gasteiger partial charge in [0.25, 0.3) is 5.91 Å². The molecule has 2 rings (SSSR count). The fraction of sp³-hybridized carbons (Fsp3) is 0.118. The number of carbonyl (C=O) groups is 2. The number of carbonyl (C=O) groups excluding carboxylic acids is 2. The van der Waals surface area contributed by atoms with Crippen LogP contribution in [0.15, 0.2) is 48.5 Å². The lowest BCUT2D eigenvalue weighted by Crippen LogP contribution is -2.17. The van der Waals surface area contributed by atoms with Crippen molar-refractivity contribution in [3.8, 4) is 6.07 Å². The molecular weight excluding hydrogens is 294 g/mol. The minimum atomic E-state index is -0.296. The molecule has 0 aromatic heterocycles. The lowest BCUT2D eigenvalue weighted by molar-refractivity contribution is -0.119. The van der Waals surface area contributed by atoms with Gasteiger partial charge >= 0.3 is 0 Å². The largest absolute Gasteiger partial charge is 0.375 e. The number of rotatable bonds is 5. The molecule has 0 aliphatic heterocycles. The normalized spacial score (nSPS) is 9.74. The van der Waals surface area contributed by atoms with Crippen molar-refractivity contribution in [1.29, 1.82) is 5.26 Å². The van der Waals surface area contributed by atoms with Crippen LogP contribution in [-0.2, 0) is 9.53 Å². The van der Waals surface area contributed by atoms with Crippen LogP contribution < -0.4 is 10.6 Å². The zero-order valence-electron chi connectivity index (χ0n) is 12.5. The van der Waals surface area contributed by atoms with E-state index >= 15 is 0 Å². The molecule has 0 spiro atoms. The third-order valence-electron chi connectivity index (χ3n) is 2.96. The zero-order chi connectivity index (χ0) is 16.7. The van der Waals surface area contributed by atoms with E-state index in [0.29, 0.717) is 22.5 Å². The summed E-state index contributed by atoms with van der Waals surface area (Å²) in [6.45, 7) is -0.0399. The van der Waals surface area contributed by atoms with Gasteiger partial charge in [0.05, 0.1) is 11.6 Å². The summed E-state index contributed by atoms with van der Waals surface area (Å²) in [5.74, 6) is -0.571. The second kappa shape index (κ2) is 7.73. The van der Waals surface area contributed by atoms with E-state index in [-0.39, 0.29) is 18.4 Å². The quantitative estimate of drug-likeness (QED) is 0.887. The molecule has 2 aromatic rings. The second-order valence-corrected chi connectivity index (χ2v) is 4.71. The van der Waals surface area contributed by atoms with Crippen molar-refractivity contribution in [1.82, 2.24) is 0 Å². The maximum Gasteiger partial charge on any atom is 0.255 e. The monoisotopic (exact) mass is 309 g/mol. The number of hydrogen-bond donors (Lipinski definition) is 2. The van der Waals surface area contributed by atoms with Crippen molar-refractivity contribution in [2.45, 2.75) is 0 Å². The number of hydrogen-bond acceptors (Lipinski definition) is 4. The number of nitrogens with zero attached hydrogens (tertiary/aromatic N) is 1. The van der Waals surface area contributed by atoms with Crippen molar-refractivity contribution in [2.75, 3.05) is 24.4 Å². The number of nitrogens with one attached hydrogen (secondary N) is 2. The van der Waals surface area contributed by atoms with E-state index in [9.17, 15) is 9.59 Å². The fourth-order valence-corrected chi connectivity index (χ4v) is 1.90. The number of ether oxygens (including phenoxy) is 1. The van der Waals surface area contributed by atoms with Gasteiger partial charge in [-0.25, -0.2) is 0 Å². The minimum Gasteiger partial charge on any atom is -0.375 e. The first-order valence-electron chi connectivity index (χ1n) is 6.83. The van der Waals surface area contributed by atoms with Crippen molar-refractivity contribution in [3.05, 3.63) is 59.7 Å². The van der Waals surface area contributed by atoms with Crippen LogP contribution in [0.3, 0.4) is 0 Å². The number of anilines is 2. The number of amides is 2. The van der Waals surface area contributed by atoms with Crippen molar-refractivity contribution < 1.29 is 14.3 Å². The highest BCUT2D eigenvalue weighted by molar-refractivity contribution is 6.04. The number of benzene rings is 2. The molecule has 6 heteroatoms. The average molecular weight is 309 g/mol. The smallest absolute Gasteiger partial charge is 0.255 e. The molecule has 23 heavy (non-hydrogen) atoms. The molecule has 0 aliphatic rings. The summed E-state index contributed by atoms with van der Waals surface area (Å²) in [5.41, 5.74) is 2.04. The molecule has 0 bridgehead atoms. The van der Waals surface area contributed by atoms with Crippen molar-refractivity contribution >= 4 is 23.2 Å². The highest BCUT2D eigenvalue weighted by Crippen LogP contribution is 2.16. The Morgan fingerprint density at radius 3 is 2.35 bits per heavy atom. The third-order valence-corrected chi connectivity index (χ3v) is 2.96. The number of nitriles is 1. The molecule has 0 aliphatic carbocycles. The van der Waals surface area contributed by atoms with Crippen LogP contribution in [-0.4, -0.2) is 25.5 Å². The summed E-state index contributed by atoms with van der Waals surface area (Å²) in [7, 11) is 1.44. The molecule has 0 radical (unpaired) electrons. The van der Waals surface area contributed by atoms with Gasteiger partial charge in [-0.3, -0.25) is 9.59 Å². The van der Waals surface area contributed by atoms with Crippen LogP contribution in [0.5, 0.6) is 0 Å². The highest BCUT2D eigenvalue weighted by atomic mass is 16.5. The number of methoxy groups -OCH3 is 1. The van der Waals surface area contributed by atoms with Crippen LogP contribution in [0, 0.1) is 11.3 Å². The van der Waals surface area contributed by atoms with Gasteiger partial charge < -0.3 is 15.4 Å². The van der Waals surface area contributed by atoms with E-state index in [1.807, 2.05) is 6.07 Å². The van der Waals surface area contributed by atoms with Gasteiger partial charge in [-0.05, 0) is 42.5 Å². The standard InChI is InChI=1S/C17H15N3O3/c1-23-11-16(21)19-14-3-2-4-15(9-14)20-17(22)13-7-5-12(10-18)6-8-13/h2-9H,11H2,1H3,(H,19,21)(H,20,22). The third kappa shape index (κ3) is 4.66. The summed E-state index contributed by atoms with van der Waals surface area (Å²) >= 11 is 0. The lowest BCUT2D eigenvalue weighted by atomic mass is 10.1. The summed E-state index contributed by atoms with van der Waals surface area (Å²) in [5, 5.41) is 14.1. The summed E-state index contributed by atoms with van der Waals surface area (Å²) in [6.07, 6.45) is 0. The molecular formula is C17H15N3O3. The van der Waals surface area contributed by atoms with E-state index in [4.69, 9.17) is 10.00 Å². The molecule has 0 heterocycles. The van der Waals surface area contributed by atoms with Crippen LogP contribution in [0.1, 0.15) is 15.9 Å². The molecule has 2 N–H and O–H groups in total. The Labute approximate surface area is 133 Å². The summed E-state index contributed by atoms with van der Waals surface area (Å²) in [4.78, 5) is 23.6. The Morgan fingerprint density at radius 1 is 1.09 bits per heavy atom. The van der Waals surface area contributed by atoms with Gasteiger partial charge in [0.15, 0.2) is 0 Å². The van der Waals surface area contributed by atoms with E-state index < -0.39 is 0 Å². The highest BCUT2D eigenvalue weighted by Gasteiger charge is 2.07. The van der Waals surface area contributed by atoms with Crippen LogP contribution in [0.25, 0.3) is 0 Å². The predicted octanol–water partition coefficient (Wildman–Crippen LogP) is 2.40. The first kappa shape index (κ1) is 16.2. The van der Waals surface area contributed by atoms with E-state index in [1.165, 1.54) is 7.11 Å². The Morgan fingerprint density at radius 2 is 1.74 bits per heavy atom. The molecule has 0 fully saturated rings. The molecule has 0 atom stereocenters. The molecule has 6 nitrogen and oxygen atoms in total. The van der Waals surface area contributed by atoms with E-state index in [1.54, 1.807) is 48.5 Å². The second-order valence-electron chi connectivity index (χ2n) is 4.71. The summed E-state index contributed by atoms with van der Waals surface area (Å²) in [6, 6.07) is 15.1. The Kier molecular flexibility index (Phi) is 5.45. The summed E-state index contributed by atoms with van der Waals surface area (Å²) < 4.78 is 4.74. The maximum atomic E-state index is 12.1. The fourth-order valence-electron chi connectivity index (χ4n) is 1.90. The Bertz CT molecular complexity index is 748. The maximum absolute atomic E-state index is 12.1. The Hall–Kier alpha value is -3.17. The van der Waals surface area contributed by atoms with Gasteiger partial charge in [0, 0.05) is 24.0 Å². The van der Waals surface area contributed by atoms with Crippen LogP contribution in [0.4, 0.5) is 11.4 Å².